The minimum atomic E-state index is -0.575. The van der Waals surface area contributed by atoms with Crippen molar-refractivity contribution in [2.45, 2.75) is 6.61 Å². The van der Waals surface area contributed by atoms with Gasteiger partial charge in [0.2, 0.25) is 0 Å². The van der Waals surface area contributed by atoms with E-state index in [-0.39, 0.29) is 12.3 Å². The van der Waals surface area contributed by atoms with Crippen LogP contribution in [-0.4, -0.2) is 18.1 Å². The SMILES string of the molecule is COc1ccc(-c2nc(C(=O)OCc3ccccc3F)cs2)cc1. The number of nitrogens with zero attached hydrogens (tertiary/aromatic N) is 1. The van der Waals surface area contributed by atoms with E-state index in [0.29, 0.717) is 10.6 Å². The zero-order valence-corrected chi connectivity index (χ0v) is 13.7. The van der Waals surface area contributed by atoms with Crippen LogP contribution in [0.4, 0.5) is 4.39 Å². The van der Waals surface area contributed by atoms with Crippen molar-refractivity contribution in [1.82, 2.24) is 4.98 Å². The van der Waals surface area contributed by atoms with Gasteiger partial charge in [0.05, 0.1) is 7.11 Å². The van der Waals surface area contributed by atoms with Gasteiger partial charge in [-0.25, -0.2) is 14.2 Å². The van der Waals surface area contributed by atoms with Crippen LogP contribution in [0, 0.1) is 5.82 Å². The van der Waals surface area contributed by atoms with Gasteiger partial charge in [0.25, 0.3) is 0 Å². The average Bonchev–Trinajstić information content (AvgIpc) is 3.11. The van der Waals surface area contributed by atoms with E-state index in [1.165, 1.54) is 17.4 Å². The molecule has 0 aliphatic heterocycles. The van der Waals surface area contributed by atoms with E-state index in [9.17, 15) is 9.18 Å². The normalized spacial score (nSPS) is 10.4. The summed E-state index contributed by atoms with van der Waals surface area (Å²) in [5, 5.41) is 2.33. The van der Waals surface area contributed by atoms with Gasteiger partial charge in [-0.05, 0) is 30.3 Å². The van der Waals surface area contributed by atoms with E-state index in [1.807, 2.05) is 24.3 Å². The molecule has 0 aliphatic carbocycles. The second-order valence-electron chi connectivity index (χ2n) is 4.93. The Morgan fingerprint density at radius 2 is 1.92 bits per heavy atom. The van der Waals surface area contributed by atoms with Crippen molar-refractivity contribution in [3.05, 3.63) is 71.0 Å². The fourth-order valence-corrected chi connectivity index (χ4v) is 2.86. The van der Waals surface area contributed by atoms with Crippen molar-refractivity contribution in [1.29, 1.82) is 0 Å². The average molecular weight is 343 g/mol. The molecule has 3 aromatic rings. The van der Waals surface area contributed by atoms with Crippen molar-refractivity contribution < 1.29 is 18.7 Å². The summed E-state index contributed by atoms with van der Waals surface area (Å²) in [6.07, 6.45) is 0. The van der Waals surface area contributed by atoms with E-state index >= 15 is 0 Å². The molecule has 122 valence electrons. The molecule has 0 saturated carbocycles. The fourth-order valence-electron chi connectivity index (χ4n) is 2.07. The summed E-state index contributed by atoms with van der Waals surface area (Å²) in [5.41, 5.74) is 1.42. The smallest absolute Gasteiger partial charge is 0.358 e. The molecule has 6 heteroatoms. The minimum absolute atomic E-state index is 0.124. The molecular formula is C18H14FNO3S. The Balaban J connectivity index is 1.68. The van der Waals surface area contributed by atoms with Crippen LogP contribution in [-0.2, 0) is 11.3 Å². The molecule has 0 saturated heterocycles. The highest BCUT2D eigenvalue weighted by Gasteiger charge is 2.14. The summed E-state index contributed by atoms with van der Waals surface area (Å²) < 4.78 is 23.8. The Hall–Kier alpha value is -2.73. The van der Waals surface area contributed by atoms with Gasteiger partial charge < -0.3 is 9.47 Å². The zero-order valence-electron chi connectivity index (χ0n) is 12.9. The third-order valence-electron chi connectivity index (χ3n) is 3.37. The number of methoxy groups -OCH3 is 1. The van der Waals surface area contributed by atoms with Crippen LogP contribution in [0.2, 0.25) is 0 Å². The van der Waals surface area contributed by atoms with E-state index in [1.54, 1.807) is 30.7 Å². The number of benzene rings is 2. The molecule has 0 N–H and O–H groups in total. The van der Waals surface area contributed by atoms with Crippen molar-refractivity contribution in [3.8, 4) is 16.3 Å². The van der Waals surface area contributed by atoms with Crippen LogP contribution >= 0.6 is 11.3 Å². The van der Waals surface area contributed by atoms with Crippen molar-refractivity contribution in [3.63, 3.8) is 0 Å². The number of halogens is 1. The molecule has 0 aliphatic rings. The van der Waals surface area contributed by atoms with E-state index in [0.717, 1.165) is 11.3 Å². The number of carbonyl (C=O) groups is 1. The Bertz CT molecular complexity index is 845. The summed E-state index contributed by atoms with van der Waals surface area (Å²) in [7, 11) is 1.60. The van der Waals surface area contributed by atoms with Crippen molar-refractivity contribution in [2.75, 3.05) is 7.11 Å². The lowest BCUT2D eigenvalue weighted by Crippen LogP contribution is -2.06. The number of hydrogen-bond acceptors (Lipinski definition) is 5. The number of esters is 1. The van der Waals surface area contributed by atoms with Gasteiger partial charge in [0.1, 0.15) is 23.2 Å². The molecular weight excluding hydrogens is 329 g/mol. The first-order valence-corrected chi connectivity index (χ1v) is 8.06. The molecule has 0 fully saturated rings. The number of rotatable bonds is 5. The highest BCUT2D eigenvalue weighted by atomic mass is 32.1. The van der Waals surface area contributed by atoms with Gasteiger partial charge in [-0.15, -0.1) is 11.3 Å². The van der Waals surface area contributed by atoms with Crippen LogP contribution in [0.15, 0.2) is 53.9 Å². The summed E-state index contributed by atoms with van der Waals surface area (Å²) in [6, 6.07) is 13.6. The monoisotopic (exact) mass is 343 g/mol. The molecule has 4 nitrogen and oxygen atoms in total. The number of ether oxygens (including phenoxy) is 2. The minimum Gasteiger partial charge on any atom is -0.497 e. The molecule has 0 bridgehead atoms. The van der Waals surface area contributed by atoms with Gasteiger partial charge in [-0.3, -0.25) is 0 Å². The van der Waals surface area contributed by atoms with Gasteiger partial charge in [-0.1, -0.05) is 18.2 Å². The highest BCUT2D eigenvalue weighted by molar-refractivity contribution is 7.13. The van der Waals surface area contributed by atoms with Crippen LogP contribution in [0.5, 0.6) is 5.75 Å². The number of carbonyl (C=O) groups excluding carboxylic acids is 1. The second kappa shape index (κ2) is 7.23. The summed E-state index contributed by atoms with van der Waals surface area (Å²) in [5.74, 6) is -0.225. The Kier molecular flexibility index (Phi) is 4.86. The molecule has 24 heavy (non-hydrogen) atoms. The third-order valence-corrected chi connectivity index (χ3v) is 4.26. The number of aromatic nitrogens is 1. The van der Waals surface area contributed by atoms with E-state index in [2.05, 4.69) is 4.98 Å². The molecule has 0 unspecified atom stereocenters. The largest absolute Gasteiger partial charge is 0.497 e. The first-order valence-electron chi connectivity index (χ1n) is 7.18. The summed E-state index contributed by atoms with van der Waals surface area (Å²) in [4.78, 5) is 16.3. The third kappa shape index (κ3) is 3.60. The van der Waals surface area contributed by atoms with Crippen LogP contribution in [0.25, 0.3) is 10.6 Å². The predicted molar refractivity (Wildman–Crippen MR) is 89.6 cm³/mol. The predicted octanol–water partition coefficient (Wildman–Crippen LogP) is 4.31. The lowest BCUT2D eigenvalue weighted by Gasteiger charge is -2.04. The van der Waals surface area contributed by atoms with Crippen LogP contribution in [0.3, 0.4) is 0 Å². The van der Waals surface area contributed by atoms with E-state index < -0.39 is 11.8 Å². The molecule has 0 atom stereocenters. The molecule has 2 aromatic carbocycles. The summed E-state index contributed by atoms with van der Waals surface area (Å²) >= 11 is 1.34. The molecule has 0 radical (unpaired) electrons. The van der Waals surface area contributed by atoms with E-state index in [4.69, 9.17) is 9.47 Å². The molecule has 0 spiro atoms. The van der Waals surface area contributed by atoms with Gasteiger partial charge in [0.15, 0.2) is 5.69 Å². The quantitative estimate of drug-likeness (QED) is 0.648. The Morgan fingerprint density at radius 1 is 1.17 bits per heavy atom. The van der Waals surface area contributed by atoms with Crippen LogP contribution in [0.1, 0.15) is 16.1 Å². The summed E-state index contributed by atoms with van der Waals surface area (Å²) in [6.45, 7) is -0.124. The maximum atomic E-state index is 13.5. The molecule has 1 heterocycles. The molecule has 0 amide bonds. The highest BCUT2D eigenvalue weighted by Crippen LogP contribution is 2.26. The standard InChI is InChI=1S/C18H14FNO3S/c1-22-14-8-6-12(7-9-14)17-20-16(11-24-17)18(21)23-10-13-4-2-3-5-15(13)19/h2-9,11H,10H2,1H3. The van der Waals surface area contributed by atoms with Gasteiger partial charge in [0, 0.05) is 16.5 Å². The topological polar surface area (TPSA) is 48.4 Å². The lowest BCUT2D eigenvalue weighted by atomic mass is 10.2. The van der Waals surface area contributed by atoms with Gasteiger partial charge in [-0.2, -0.15) is 0 Å². The second-order valence-corrected chi connectivity index (χ2v) is 5.79. The maximum Gasteiger partial charge on any atom is 0.358 e. The number of hydrogen-bond donors (Lipinski definition) is 0. The van der Waals surface area contributed by atoms with Crippen LogP contribution < -0.4 is 4.74 Å². The molecule has 1 aromatic heterocycles. The van der Waals surface area contributed by atoms with Crippen molar-refractivity contribution in [2.24, 2.45) is 0 Å². The Morgan fingerprint density at radius 3 is 2.62 bits per heavy atom. The lowest BCUT2D eigenvalue weighted by molar-refractivity contribution is 0.0463. The fraction of sp³-hybridized carbons (Fsp3) is 0.111. The zero-order chi connectivity index (χ0) is 16.9. The molecule has 3 rings (SSSR count). The first kappa shape index (κ1) is 16.1. The maximum absolute atomic E-state index is 13.5. The van der Waals surface area contributed by atoms with Gasteiger partial charge >= 0.3 is 5.97 Å². The Labute approximate surface area is 142 Å². The first-order chi connectivity index (χ1) is 11.7. The van der Waals surface area contributed by atoms with Crippen molar-refractivity contribution >= 4 is 17.3 Å². The number of thiazole rings is 1.